The summed E-state index contributed by atoms with van der Waals surface area (Å²) in [6.07, 6.45) is 5.54. The summed E-state index contributed by atoms with van der Waals surface area (Å²) in [4.78, 5) is 29.9. The first-order valence-corrected chi connectivity index (χ1v) is 12.6. The number of pyridine rings is 1. The molecular weight excluding hydrogens is 496 g/mol. The number of hydrogen-bond acceptors (Lipinski definition) is 4. The first-order chi connectivity index (χ1) is 14.2. The van der Waals surface area contributed by atoms with E-state index in [-0.39, 0.29) is 22.7 Å². The normalized spacial score (nSPS) is 22.4. The Morgan fingerprint density at radius 1 is 1.00 bits per heavy atom. The number of carbonyl (C=O) groups is 2. The molecule has 1 fully saturated rings. The van der Waals surface area contributed by atoms with Crippen LogP contribution in [0.2, 0.25) is 0 Å². The first kappa shape index (κ1) is 17.5. The number of para-hydroxylation sites is 1. The summed E-state index contributed by atoms with van der Waals surface area (Å²) in [5.41, 5.74) is 2.48. The van der Waals surface area contributed by atoms with Crippen molar-refractivity contribution in [3.63, 3.8) is 0 Å². The number of carbonyl (C=O) groups excluding carboxylic acids is 2. The Hall–Kier alpha value is -2.39. The summed E-state index contributed by atoms with van der Waals surface area (Å²) in [6, 6.07) is 16.6. The van der Waals surface area contributed by atoms with Gasteiger partial charge in [0.15, 0.2) is 0 Å². The third-order valence-electron chi connectivity index (χ3n) is 5.48. The van der Waals surface area contributed by atoms with Crippen molar-refractivity contribution in [2.24, 2.45) is 5.92 Å². The van der Waals surface area contributed by atoms with Crippen molar-refractivity contribution in [3.8, 4) is 3.70 Å². The number of ketones is 2. The Balaban J connectivity index is 1.48. The molecule has 0 radical (unpaired) electrons. The fourth-order valence-corrected chi connectivity index (χ4v) is 7.97. The third kappa shape index (κ3) is 2.56. The van der Waals surface area contributed by atoms with E-state index >= 15 is 0 Å². The number of rotatable bonds is 2. The molecule has 2 unspecified atom stereocenters. The fraction of sp³-hybridized carbons (Fsp3) is 0.0870. The molecule has 4 heterocycles. The number of Topliss-reactive ketones (excluding diaryl/α,β-unsaturated/α-hetero) is 2. The van der Waals surface area contributed by atoms with Gasteiger partial charge in [0.2, 0.25) is 0 Å². The van der Waals surface area contributed by atoms with Gasteiger partial charge in [-0.2, -0.15) is 0 Å². The molecule has 0 saturated heterocycles. The number of aromatic nitrogens is 2. The summed E-state index contributed by atoms with van der Waals surface area (Å²) in [5, 5.41) is 3.96. The predicted molar refractivity (Wildman–Crippen MR) is 118 cm³/mol. The molecule has 3 aromatic heterocycles. The van der Waals surface area contributed by atoms with Gasteiger partial charge in [-0.25, -0.2) is 0 Å². The van der Waals surface area contributed by atoms with E-state index < -0.39 is 20.4 Å². The second-order valence-electron chi connectivity index (χ2n) is 7.10. The minimum absolute atomic E-state index is 0.0182. The number of fused-ring (bicyclic) bond motifs is 4. The van der Waals surface area contributed by atoms with Crippen molar-refractivity contribution >= 4 is 71.8 Å². The van der Waals surface area contributed by atoms with E-state index in [1.54, 1.807) is 0 Å². The van der Waals surface area contributed by atoms with Gasteiger partial charge in [0, 0.05) is 0 Å². The SMILES string of the molecule is O=C1/C(=C\c2ccc(-n3c4ccccc4c4cccnc43)[te]2)C(=O)C2SC=CC12. The maximum atomic E-state index is 12.7. The van der Waals surface area contributed by atoms with Crippen molar-refractivity contribution in [3.05, 3.63) is 75.4 Å². The zero-order chi connectivity index (χ0) is 19.5. The molecule has 0 spiro atoms. The standard InChI is InChI=1S/C23H14N2O2STe/c26-20-16-9-11-28-22(16)21(27)17(20)12-13-7-8-19(29-13)25-18-6-2-1-4-14(18)15-5-3-10-24-23(15)25/h1-12,16,22H/b17-12+. The van der Waals surface area contributed by atoms with Crippen molar-refractivity contribution in [2.45, 2.75) is 5.25 Å². The Morgan fingerprint density at radius 2 is 1.86 bits per heavy atom. The molecule has 4 aromatic rings. The quantitative estimate of drug-likeness (QED) is 0.233. The van der Waals surface area contributed by atoms with Crippen LogP contribution < -0.4 is 0 Å². The predicted octanol–water partition coefficient (Wildman–Crippen LogP) is 4.02. The molecule has 1 aromatic carbocycles. The van der Waals surface area contributed by atoms with Crippen molar-refractivity contribution in [1.29, 1.82) is 0 Å². The van der Waals surface area contributed by atoms with Gasteiger partial charge >= 0.3 is 181 Å². The Kier molecular flexibility index (Phi) is 3.95. The molecule has 6 heteroatoms. The number of benzene rings is 1. The second-order valence-corrected chi connectivity index (χ2v) is 11.3. The maximum absolute atomic E-state index is 12.7. The molecule has 1 aliphatic heterocycles. The molecule has 1 saturated carbocycles. The summed E-state index contributed by atoms with van der Waals surface area (Å²) in [5.74, 6) is -0.313. The number of nitrogens with zero attached hydrogens (tertiary/aromatic N) is 2. The van der Waals surface area contributed by atoms with E-state index in [0.717, 1.165) is 20.1 Å². The zero-order valence-corrected chi connectivity index (χ0v) is 18.3. The number of hydrogen-bond donors (Lipinski definition) is 0. The molecule has 140 valence electrons. The van der Waals surface area contributed by atoms with Crippen LogP contribution in [0.5, 0.6) is 0 Å². The van der Waals surface area contributed by atoms with Crippen LogP contribution in [0.15, 0.2) is 71.8 Å². The molecular formula is C23H14N2O2STe. The Bertz CT molecular complexity index is 1340. The van der Waals surface area contributed by atoms with Gasteiger partial charge < -0.3 is 0 Å². The molecule has 0 amide bonds. The van der Waals surface area contributed by atoms with Gasteiger partial charge in [0.1, 0.15) is 0 Å². The van der Waals surface area contributed by atoms with Gasteiger partial charge in [0.05, 0.1) is 0 Å². The second kappa shape index (κ2) is 6.56. The van der Waals surface area contributed by atoms with Crippen LogP contribution in [-0.4, -0.2) is 46.8 Å². The van der Waals surface area contributed by atoms with Crippen molar-refractivity contribution in [2.75, 3.05) is 0 Å². The minimum atomic E-state index is -0.740. The van der Waals surface area contributed by atoms with Gasteiger partial charge in [-0.15, -0.1) is 0 Å². The van der Waals surface area contributed by atoms with E-state index in [1.807, 2.05) is 42.0 Å². The average molecular weight is 510 g/mol. The summed E-state index contributed by atoms with van der Waals surface area (Å²) in [7, 11) is 0. The Labute approximate surface area is 180 Å². The molecule has 6 rings (SSSR count). The molecule has 0 N–H and O–H groups in total. The molecule has 2 atom stereocenters. The summed E-state index contributed by atoms with van der Waals surface area (Å²) >= 11 is 0.722. The topological polar surface area (TPSA) is 52.0 Å². The van der Waals surface area contributed by atoms with Crippen LogP contribution in [0.4, 0.5) is 0 Å². The van der Waals surface area contributed by atoms with Gasteiger partial charge in [-0.3, -0.25) is 0 Å². The monoisotopic (exact) mass is 512 g/mol. The first-order valence-electron chi connectivity index (χ1n) is 9.29. The van der Waals surface area contributed by atoms with E-state index in [9.17, 15) is 9.59 Å². The van der Waals surface area contributed by atoms with Crippen molar-refractivity contribution < 1.29 is 9.59 Å². The van der Waals surface area contributed by atoms with E-state index in [1.165, 1.54) is 20.9 Å². The van der Waals surface area contributed by atoms with Crippen LogP contribution in [0.3, 0.4) is 0 Å². The summed E-state index contributed by atoms with van der Waals surface area (Å²) in [6.45, 7) is 0. The van der Waals surface area contributed by atoms with Crippen LogP contribution in [0.1, 0.15) is 3.58 Å². The molecule has 1 aliphatic carbocycles. The molecule has 4 nitrogen and oxygen atoms in total. The van der Waals surface area contributed by atoms with Gasteiger partial charge in [-0.1, -0.05) is 0 Å². The average Bonchev–Trinajstić information content (AvgIpc) is 3.50. The fourth-order valence-electron chi connectivity index (χ4n) is 4.15. The summed E-state index contributed by atoms with van der Waals surface area (Å²) < 4.78 is 4.57. The molecule has 0 bridgehead atoms. The Morgan fingerprint density at radius 3 is 2.76 bits per heavy atom. The third-order valence-corrected chi connectivity index (χ3v) is 9.50. The van der Waals surface area contributed by atoms with Crippen molar-refractivity contribution in [1.82, 2.24) is 9.55 Å². The van der Waals surface area contributed by atoms with Crippen LogP contribution in [-0.2, 0) is 9.59 Å². The van der Waals surface area contributed by atoms with E-state index in [0.29, 0.717) is 5.57 Å². The van der Waals surface area contributed by atoms with E-state index in [2.05, 4.69) is 39.9 Å². The molecule has 29 heavy (non-hydrogen) atoms. The van der Waals surface area contributed by atoms with Crippen LogP contribution >= 0.6 is 11.8 Å². The van der Waals surface area contributed by atoms with Crippen LogP contribution in [0, 0.1) is 5.92 Å². The number of thioether (sulfide) groups is 1. The van der Waals surface area contributed by atoms with Gasteiger partial charge in [-0.05, 0) is 0 Å². The zero-order valence-electron chi connectivity index (χ0n) is 15.1. The van der Waals surface area contributed by atoms with Crippen LogP contribution in [0.25, 0.3) is 31.7 Å². The van der Waals surface area contributed by atoms with Gasteiger partial charge in [0.25, 0.3) is 0 Å². The van der Waals surface area contributed by atoms with E-state index in [4.69, 9.17) is 0 Å². The number of allylic oxidation sites excluding steroid dienone is 2. The molecule has 2 aliphatic rings.